The van der Waals surface area contributed by atoms with Crippen LogP contribution in [0.2, 0.25) is 5.02 Å². The van der Waals surface area contributed by atoms with Crippen LogP contribution in [0.15, 0.2) is 36.4 Å². The van der Waals surface area contributed by atoms with Gasteiger partial charge in [-0.1, -0.05) is 35.9 Å². The van der Waals surface area contributed by atoms with Crippen molar-refractivity contribution < 1.29 is 9.53 Å². The van der Waals surface area contributed by atoms with Crippen molar-refractivity contribution in [1.29, 1.82) is 0 Å². The van der Waals surface area contributed by atoms with Gasteiger partial charge >= 0.3 is 0 Å². The first-order chi connectivity index (χ1) is 10.1. The van der Waals surface area contributed by atoms with Crippen LogP contribution in [0.25, 0.3) is 0 Å². The van der Waals surface area contributed by atoms with Crippen molar-refractivity contribution in [2.75, 3.05) is 7.11 Å². The third kappa shape index (κ3) is 2.56. The molecule has 1 atom stereocenters. The summed E-state index contributed by atoms with van der Waals surface area (Å²) < 4.78 is 5.51. The Morgan fingerprint density at radius 2 is 2.05 bits per heavy atom. The molecule has 3 heteroatoms. The van der Waals surface area contributed by atoms with Crippen molar-refractivity contribution in [3.05, 3.63) is 63.7 Å². The standard InChI is InChI=1S/C18H17ClO2/c1-11-6-7-12(9-16(11)19)15-10-14(20)8-13-4-3-5-17(21-2)18(13)15/h3-7,9,15H,8,10H2,1-2H3. The average Bonchev–Trinajstić information content (AvgIpc) is 2.48. The fourth-order valence-electron chi connectivity index (χ4n) is 3.04. The highest BCUT2D eigenvalue weighted by Crippen LogP contribution is 2.41. The first kappa shape index (κ1) is 14.2. The molecule has 0 fully saturated rings. The van der Waals surface area contributed by atoms with Gasteiger partial charge in [-0.2, -0.15) is 0 Å². The van der Waals surface area contributed by atoms with Crippen molar-refractivity contribution >= 4 is 17.4 Å². The number of hydrogen-bond donors (Lipinski definition) is 0. The monoisotopic (exact) mass is 300 g/mol. The maximum Gasteiger partial charge on any atom is 0.138 e. The SMILES string of the molecule is COc1cccc2c1C(c1ccc(C)c(Cl)c1)CC(=O)C2. The fraction of sp³-hybridized carbons (Fsp3) is 0.278. The van der Waals surface area contributed by atoms with Crippen molar-refractivity contribution in [1.82, 2.24) is 0 Å². The van der Waals surface area contributed by atoms with Gasteiger partial charge in [0.2, 0.25) is 0 Å². The van der Waals surface area contributed by atoms with E-state index in [0.717, 1.165) is 33.0 Å². The molecule has 0 spiro atoms. The third-order valence-electron chi connectivity index (χ3n) is 4.14. The van der Waals surface area contributed by atoms with E-state index in [1.165, 1.54) is 0 Å². The van der Waals surface area contributed by atoms with E-state index in [2.05, 4.69) is 6.07 Å². The van der Waals surface area contributed by atoms with Crippen LogP contribution in [0, 0.1) is 6.92 Å². The number of benzene rings is 2. The number of methoxy groups -OCH3 is 1. The molecule has 0 radical (unpaired) electrons. The molecule has 0 amide bonds. The van der Waals surface area contributed by atoms with E-state index in [-0.39, 0.29) is 11.7 Å². The van der Waals surface area contributed by atoms with Crippen molar-refractivity contribution in [2.45, 2.75) is 25.7 Å². The average molecular weight is 301 g/mol. The molecule has 2 aromatic rings. The largest absolute Gasteiger partial charge is 0.496 e. The number of Topliss-reactive ketones (excluding diaryl/α,β-unsaturated/α-hetero) is 1. The second kappa shape index (κ2) is 5.53. The lowest BCUT2D eigenvalue weighted by atomic mass is 9.77. The van der Waals surface area contributed by atoms with Crippen LogP contribution in [0.4, 0.5) is 0 Å². The summed E-state index contributed by atoms with van der Waals surface area (Å²) in [5.41, 5.74) is 4.30. The maximum atomic E-state index is 12.1. The van der Waals surface area contributed by atoms with Crippen molar-refractivity contribution in [2.24, 2.45) is 0 Å². The zero-order valence-corrected chi connectivity index (χ0v) is 12.9. The molecule has 0 saturated carbocycles. The molecule has 1 aliphatic rings. The molecule has 0 bridgehead atoms. The van der Waals surface area contributed by atoms with Gasteiger partial charge in [0.25, 0.3) is 0 Å². The van der Waals surface area contributed by atoms with E-state index in [9.17, 15) is 4.79 Å². The predicted octanol–water partition coefficient (Wildman–Crippen LogP) is 4.30. The number of ether oxygens (including phenoxy) is 1. The summed E-state index contributed by atoms with van der Waals surface area (Å²) in [6, 6.07) is 11.9. The summed E-state index contributed by atoms with van der Waals surface area (Å²) in [6.07, 6.45) is 0.995. The van der Waals surface area contributed by atoms with Crippen LogP contribution in [0.1, 0.15) is 34.6 Å². The Bertz CT molecular complexity index is 706. The van der Waals surface area contributed by atoms with Crippen LogP contribution in [0.3, 0.4) is 0 Å². The van der Waals surface area contributed by atoms with Crippen LogP contribution in [0.5, 0.6) is 5.75 Å². The third-order valence-corrected chi connectivity index (χ3v) is 4.55. The molecule has 2 nitrogen and oxygen atoms in total. The minimum Gasteiger partial charge on any atom is -0.496 e. The maximum absolute atomic E-state index is 12.1. The zero-order chi connectivity index (χ0) is 15.0. The van der Waals surface area contributed by atoms with Gasteiger partial charge in [0.05, 0.1) is 7.11 Å². The van der Waals surface area contributed by atoms with Crippen molar-refractivity contribution in [3.63, 3.8) is 0 Å². The molecule has 1 aliphatic carbocycles. The lowest BCUT2D eigenvalue weighted by molar-refractivity contribution is -0.119. The lowest BCUT2D eigenvalue weighted by Crippen LogP contribution is -2.20. The number of ketones is 1. The highest BCUT2D eigenvalue weighted by molar-refractivity contribution is 6.31. The smallest absolute Gasteiger partial charge is 0.138 e. The van der Waals surface area contributed by atoms with Crippen molar-refractivity contribution in [3.8, 4) is 5.75 Å². The van der Waals surface area contributed by atoms with Gasteiger partial charge in [-0.3, -0.25) is 4.79 Å². The van der Waals surface area contributed by atoms with Crippen LogP contribution in [-0.4, -0.2) is 12.9 Å². The molecule has 21 heavy (non-hydrogen) atoms. The number of rotatable bonds is 2. The molecule has 0 aliphatic heterocycles. The number of carbonyl (C=O) groups excluding carboxylic acids is 1. The van der Waals surface area contributed by atoms with Gasteiger partial charge in [-0.25, -0.2) is 0 Å². The topological polar surface area (TPSA) is 26.3 Å². The Labute approximate surface area is 129 Å². The Hall–Kier alpha value is -1.80. The van der Waals surface area contributed by atoms with Crippen LogP contribution < -0.4 is 4.74 Å². The summed E-state index contributed by atoms with van der Waals surface area (Å²) in [6.45, 7) is 1.98. The van der Waals surface area contributed by atoms with E-state index < -0.39 is 0 Å². The molecular formula is C18H17ClO2. The molecule has 108 valence electrons. The number of fused-ring (bicyclic) bond motifs is 1. The molecule has 2 aromatic carbocycles. The van der Waals surface area contributed by atoms with Crippen LogP contribution >= 0.6 is 11.6 Å². The second-order valence-electron chi connectivity index (χ2n) is 5.51. The minimum atomic E-state index is 0.0236. The number of carbonyl (C=O) groups is 1. The Kier molecular flexibility index (Phi) is 3.73. The zero-order valence-electron chi connectivity index (χ0n) is 12.2. The van der Waals surface area contributed by atoms with E-state index in [1.54, 1.807) is 7.11 Å². The Morgan fingerprint density at radius 1 is 1.24 bits per heavy atom. The molecule has 0 aromatic heterocycles. The van der Waals surface area contributed by atoms with E-state index in [4.69, 9.17) is 16.3 Å². The summed E-state index contributed by atoms with van der Waals surface area (Å²) >= 11 is 6.25. The summed E-state index contributed by atoms with van der Waals surface area (Å²) in [7, 11) is 1.67. The number of aryl methyl sites for hydroxylation is 1. The lowest BCUT2D eigenvalue weighted by Gasteiger charge is -2.27. The molecule has 0 N–H and O–H groups in total. The van der Waals surface area contributed by atoms with Gasteiger partial charge in [0.1, 0.15) is 11.5 Å². The van der Waals surface area contributed by atoms with E-state index >= 15 is 0 Å². The minimum absolute atomic E-state index is 0.0236. The van der Waals surface area contributed by atoms with Gasteiger partial charge in [0, 0.05) is 29.3 Å². The van der Waals surface area contributed by atoms with Gasteiger partial charge in [-0.05, 0) is 35.7 Å². The normalized spacial score (nSPS) is 17.5. The summed E-state index contributed by atoms with van der Waals surface area (Å²) in [4.78, 5) is 12.1. The van der Waals surface area contributed by atoms with Gasteiger partial charge in [-0.15, -0.1) is 0 Å². The first-order valence-corrected chi connectivity index (χ1v) is 7.41. The highest BCUT2D eigenvalue weighted by Gasteiger charge is 2.29. The summed E-state index contributed by atoms with van der Waals surface area (Å²) in [5.74, 6) is 1.13. The fourth-order valence-corrected chi connectivity index (χ4v) is 3.23. The molecule has 0 heterocycles. The second-order valence-corrected chi connectivity index (χ2v) is 5.92. The first-order valence-electron chi connectivity index (χ1n) is 7.03. The summed E-state index contributed by atoms with van der Waals surface area (Å²) in [5, 5.41) is 0.738. The molecule has 3 rings (SSSR count). The molecule has 0 saturated heterocycles. The molecular weight excluding hydrogens is 284 g/mol. The highest BCUT2D eigenvalue weighted by atomic mass is 35.5. The number of hydrogen-bond acceptors (Lipinski definition) is 2. The molecule has 1 unspecified atom stereocenters. The predicted molar refractivity (Wildman–Crippen MR) is 84.4 cm³/mol. The Morgan fingerprint density at radius 3 is 2.76 bits per heavy atom. The van der Waals surface area contributed by atoms with Gasteiger partial charge < -0.3 is 4.74 Å². The quantitative estimate of drug-likeness (QED) is 0.826. The Balaban J connectivity index is 2.16. The van der Waals surface area contributed by atoms with E-state index in [1.807, 2.05) is 37.3 Å². The van der Waals surface area contributed by atoms with Gasteiger partial charge in [0.15, 0.2) is 0 Å². The van der Waals surface area contributed by atoms with E-state index in [0.29, 0.717) is 12.8 Å². The number of halogens is 1. The van der Waals surface area contributed by atoms with Crippen LogP contribution in [-0.2, 0) is 11.2 Å².